The Hall–Kier alpha value is -2.95. The maximum atomic E-state index is 14.3. The van der Waals surface area contributed by atoms with Crippen LogP contribution < -0.4 is 5.32 Å². The molecule has 2 aromatic carbocycles. The fraction of sp³-hybridized carbons (Fsp3) is 0.158. The highest BCUT2D eigenvalue weighted by Crippen LogP contribution is 2.21. The van der Waals surface area contributed by atoms with E-state index in [0.717, 1.165) is 11.1 Å². The largest absolute Gasteiger partial charge is 0.348 e. The van der Waals surface area contributed by atoms with Gasteiger partial charge in [0.1, 0.15) is 5.82 Å². The van der Waals surface area contributed by atoms with Gasteiger partial charge >= 0.3 is 0 Å². The van der Waals surface area contributed by atoms with Crippen molar-refractivity contribution in [2.24, 2.45) is 0 Å². The lowest BCUT2D eigenvalue weighted by atomic mass is 10.0. The Morgan fingerprint density at radius 1 is 1.21 bits per heavy atom. The van der Waals surface area contributed by atoms with Gasteiger partial charge in [-0.15, -0.1) is 0 Å². The number of amides is 1. The average molecular weight is 323 g/mol. The third kappa shape index (κ3) is 3.68. The van der Waals surface area contributed by atoms with Crippen LogP contribution in [0.3, 0.4) is 0 Å². The van der Waals surface area contributed by atoms with Crippen LogP contribution in [0.1, 0.15) is 17.3 Å². The van der Waals surface area contributed by atoms with E-state index >= 15 is 0 Å². The summed E-state index contributed by atoms with van der Waals surface area (Å²) in [5.41, 5.74) is 1.71. The van der Waals surface area contributed by atoms with Gasteiger partial charge in [0.2, 0.25) is 0 Å². The number of aromatic nitrogens is 2. The van der Waals surface area contributed by atoms with Gasteiger partial charge in [0.25, 0.3) is 5.91 Å². The molecule has 0 aliphatic carbocycles. The van der Waals surface area contributed by atoms with Crippen molar-refractivity contribution >= 4 is 5.91 Å². The Bertz CT molecular complexity index is 816. The molecule has 1 atom stereocenters. The van der Waals surface area contributed by atoms with Crippen LogP contribution in [-0.4, -0.2) is 21.5 Å². The topological polar surface area (TPSA) is 46.9 Å². The maximum Gasteiger partial charge on any atom is 0.254 e. The van der Waals surface area contributed by atoms with Crippen LogP contribution in [0, 0.1) is 5.82 Å². The number of halogens is 1. The molecule has 0 saturated heterocycles. The molecule has 0 fully saturated rings. The maximum absolute atomic E-state index is 14.3. The van der Waals surface area contributed by atoms with Gasteiger partial charge in [-0.25, -0.2) is 9.37 Å². The van der Waals surface area contributed by atoms with Crippen molar-refractivity contribution < 1.29 is 9.18 Å². The first kappa shape index (κ1) is 15.9. The lowest BCUT2D eigenvalue weighted by Gasteiger charge is -2.15. The molecule has 0 bridgehead atoms. The Morgan fingerprint density at radius 2 is 2.00 bits per heavy atom. The van der Waals surface area contributed by atoms with E-state index in [2.05, 4.69) is 10.3 Å². The quantitative estimate of drug-likeness (QED) is 0.781. The molecule has 0 unspecified atom stereocenters. The number of hydrogen-bond donors (Lipinski definition) is 1. The third-order valence-electron chi connectivity index (χ3n) is 3.74. The van der Waals surface area contributed by atoms with Crippen molar-refractivity contribution in [2.45, 2.75) is 19.5 Å². The number of benzene rings is 2. The fourth-order valence-corrected chi connectivity index (χ4v) is 2.57. The molecule has 0 saturated carbocycles. The van der Waals surface area contributed by atoms with Gasteiger partial charge in [-0.3, -0.25) is 4.79 Å². The first-order valence-corrected chi connectivity index (χ1v) is 7.75. The molecule has 0 radical (unpaired) electrons. The predicted molar refractivity (Wildman–Crippen MR) is 91.0 cm³/mol. The molecule has 1 N–H and O–H groups in total. The monoisotopic (exact) mass is 323 g/mol. The highest BCUT2D eigenvalue weighted by Gasteiger charge is 2.15. The summed E-state index contributed by atoms with van der Waals surface area (Å²) in [5.74, 6) is -0.941. The minimum Gasteiger partial charge on any atom is -0.348 e. The molecule has 4 nitrogen and oxygen atoms in total. The van der Waals surface area contributed by atoms with E-state index in [-0.39, 0.29) is 11.6 Å². The summed E-state index contributed by atoms with van der Waals surface area (Å²) < 4.78 is 16.2. The molecule has 5 heteroatoms. The van der Waals surface area contributed by atoms with Crippen LogP contribution in [0.25, 0.3) is 11.1 Å². The van der Waals surface area contributed by atoms with Crippen molar-refractivity contribution in [2.75, 3.05) is 0 Å². The summed E-state index contributed by atoms with van der Waals surface area (Å²) in [6.07, 6.45) is 5.17. The van der Waals surface area contributed by atoms with Gasteiger partial charge in [0.15, 0.2) is 0 Å². The minimum atomic E-state index is -0.524. The standard InChI is InChI=1S/C19H18FN3O/c1-14(12-23-10-9-21-13-23)22-19(24)17-8-7-16(11-18(17)20)15-5-3-2-4-6-15/h2-11,13-14H,12H2,1H3,(H,22,24)/t14-/m1/s1. The van der Waals surface area contributed by atoms with Crippen LogP contribution in [-0.2, 0) is 6.54 Å². The smallest absolute Gasteiger partial charge is 0.254 e. The van der Waals surface area contributed by atoms with E-state index in [1.807, 2.05) is 48.0 Å². The van der Waals surface area contributed by atoms with Crippen LogP contribution in [0.5, 0.6) is 0 Å². The zero-order valence-corrected chi connectivity index (χ0v) is 13.3. The number of imidazole rings is 1. The Morgan fingerprint density at radius 3 is 2.67 bits per heavy atom. The molecule has 0 aliphatic heterocycles. The van der Waals surface area contributed by atoms with Crippen molar-refractivity contribution in [3.63, 3.8) is 0 Å². The molecule has 1 amide bonds. The van der Waals surface area contributed by atoms with E-state index in [1.165, 1.54) is 12.1 Å². The highest BCUT2D eigenvalue weighted by atomic mass is 19.1. The van der Waals surface area contributed by atoms with Gasteiger partial charge in [-0.2, -0.15) is 0 Å². The van der Waals surface area contributed by atoms with E-state index in [4.69, 9.17) is 0 Å². The molecule has 0 spiro atoms. The zero-order valence-electron chi connectivity index (χ0n) is 13.3. The molecular formula is C19H18FN3O. The first-order chi connectivity index (χ1) is 11.6. The minimum absolute atomic E-state index is 0.0483. The van der Waals surface area contributed by atoms with Crippen molar-refractivity contribution in [3.8, 4) is 11.1 Å². The van der Waals surface area contributed by atoms with Crippen LogP contribution in [0.2, 0.25) is 0 Å². The second-order valence-corrected chi connectivity index (χ2v) is 5.69. The first-order valence-electron chi connectivity index (χ1n) is 7.75. The number of rotatable bonds is 5. The molecular weight excluding hydrogens is 305 g/mol. The Labute approximate surface area is 140 Å². The fourth-order valence-electron chi connectivity index (χ4n) is 2.57. The van der Waals surface area contributed by atoms with Gasteiger partial charge in [0.05, 0.1) is 11.9 Å². The van der Waals surface area contributed by atoms with E-state index in [0.29, 0.717) is 6.54 Å². The molecule has 24 heavy (non-hydrogen) atoms. The number of nitrogens with one attached hydrogen (secondary N) is 1. The second kappa shape index (κ2) is 7.08. The van der Waals surface area contributed by atoms with Gasteiger partial charge in [0, 0.05) is 25.0 Å². The lowest BCUT2D eigenvalue weighted by Crippen LogP contribution is -2.35. The normalized spacial score (nSPS) is 11.9. The zero-order chi connectivity index (χ0) is 16.9. The second-order valence-electron chi connectivity index (χ2n) is 5.69. The summed E-state index contributed by atoms with van der Waals surface area (Å²) >= 11 is 0. The molecule has 3 rings (SSSR count). The molecule has 0 aliphatic rings. The third-order valence-corrected chi connectivity index (χ3v) is 3.74. The van der Waals surface area contributed by atoms with Gasteiger partial charge in [-0.05, 0) is 30.2 Å². The average Bonchev–Trinajstić information content (AvgIpc) is 3.08. The summed E-state index contributed by atoms with van der Waals surface area (Å²) in [7, 11) is 0. The highest BCUT2D eigenvalue weighted by molar-refractivity contribution is 5.95. The number of carbonyl (C=O) groups is 1. The SMILES string of the molecule is C[C@H](Cn1ccnc1)NC(=O)c1ccc(-c2ccccc2)cc1F. The van der Waals surface area contributed by atoms with Crippen molar-refractivity contribution in [3.05, 3.63) is 78.6 Å². The van der Waals surface area contributed by atoms with E-state index < -0.39 is 11.7 Å². The molecule has 1 heterocycles. The van der Waals surface area contributed by atoms with Crippen LogP contribution >= 0.6 is 0 Å². The number of hydrogen-bond acceptors (Lipinski definition) is 2. The van der Waals surface area contributed by atoms with Gasteiger partial charge in [-0.1, -0.05) is 36.4 Å². The molecule has 122 valence electrons. The molecule has 3 aromatic rings. The summed E-state index contributed by atoms with van der Waals surface area (Å²) in [4.78, 5) is 16.2. The summed E-state index contributed by atoms with van der Waals surface area (Å²) in [5, 5.41) is 2.81. The van der Waals surface area contributed by atoms with Crippen LogP contribution in [0.15, 0.2) is 67.3 Å². The van der Waals surface area contributed by atoms with Crippen LogP contribution in [0.4, 0.5) is 4.39 Å². The summed E-state index contributed by atoms with van der Waals surface area (Å²) in [6.45, 7) is 2.45. The number of nitrogens with zero attached hydrogens (tertiary/aromatic N) is 2. The van der Waals surface area contributed by atoms with E-state index in [9.17, 15) is 9.18 Å². The van der Waals surface area contributed by atoms with Gasteiger partial charge < -0.3 is 9.88 Å². The van der Waals surface area contributed by atoms with Crippen molar-refractivity contribution in [1.82, 2.24) is 14.9 Å². The Balaban J connectivity index is 1.71. The number of carbonyl (C=O) groups excluding carboxylic acids is 1. The predicted octanol–water partition coefficient (Wildman–Crippen LogP) is 3.51. The lowest BCUT2D eigenvalue weighted by molar-refractivity contribution is 0.0932. The van der Waals surface area contributed by atoms with Crippen molar-refractivity contribution in [1.29, 1.82) is 0 Å². The summed E-state index contributed by atoms with van der Waals surface area (Å²) in [6, 6.07) is 14.0. The van der Waals surface area contributed by atoms with E-state index in [1.54, 1.807) is 18.6 Å². The molecule has 1 aromatic heterocycles. The Kier molecular flexibility index (Phi) is 4.70.